The summed E-state index contributed by atoms with van der Waals surface area (Å²) in [6, 6.07) is 6.72. The van der Waals surface area contributed by atoms with Gasteiger partial charge < -0.3 is 10.4 Å². The third-order valence-corrected chi connectivity index (χ3v) is 3.36. The summed E-state index contributed by atoms with van der Waals surface area (Å²) in [5.41, 5.74) is 0.0917. The zero-order chi connectivity index (χ0) is 17.7. The number of aromatic nitrogens is 3. The number of amides is 2. The van der Waals surface area contributed by atoms with Crippen molar-refractivity contribution >= 4 is 17.8 Å². The molecule has 0 saturated carbocycles. The zero-order valence-corrected chi connectivity index (χ0v) is 13.9. The molecule has 0 radical (unpaired) electrons. The molecule has 3 N–H and O–H groups in total. The highest BCUT2D eigenvalue weighted by atomic mass is 16.4. The minimum atomic E-state index is -0.894. The highest BCUT2D eigenvalue weighted by Crippen LogP contribution is 2.16. The molecule has 0 aromatic carbocycles. The molecule has 0 atom stereocenters. The van der Waals surface area contributed by atoms with Crippen molar-refractivity contribution in [2.24, 2.45) is 0 Å². The van der Waals surface area contributed by atoms with E-state index in [0.29, 0.717) is 18.1 Å². The van der Waals surface area contributed by atoms with Gasteiger partial charge in [0.15, 0.2) is 5.82 Å². The number of anilines is 1. The number of hydrogen-bond donors (Lipinski definition) is 3. The van der Waals surface area contributed by atoms with Crippen molar-refractivity contribution in [3.05, 3.63) is 36.2 Å². The second-order valence-corrected chi connectivity index (χ2v) is 6.13. The number of carbonyl (C=O) groups is 2. The Morgan fingerprint density at radius 2 is 2.08 bits per heavy atom. The molecule has 2 aromatic heterocycles. The summed E-state index contributed by atoms with van der Waals surface area (Å²) in [6.45, 7) is 5.37. The molecule has 0 saturated heterocycles. The van der Waals surface area contributed by atoms with Crippen LogP contribution in [0.25, 0.3) is 5.82 Å². The predicted molar refractivity (Wildman–Crippen MR) is 89.2 cm³/mol. The van der Waals surface area contributed by atoms with E-state index < -0.39 is 17.5 Å². The number of pyridine rings is 1. The molecule has 2 heterocycles. The van der Waals surface area contributed by atoms with Gasteiger partial charge >= 0.3 is 12.0 Å². The lowest BCUT2D eigenvalue weighted by atomic mass is 9.99. The molecule has 8 nitrogen and oxygen atoms in total. The van der Waals surface area contributed by atoms with Crippen LogP contribution in [0.1, 0.15) is 32.4 Å². The van der Waals surface area contributed by atoms with Crippen molar-refractivity contribution < 1.29 is 14.7 Å². The molecule has 128 valence electrons. The largest absolute Gasteiger partial charge is 0.481 e. The Hall–Kier alpha value is -2.90. The Labute approximate surface area is 139 Å². The standard InChI is InChI=1S/C16H21N5O3/c1-11-10-13(21(20-11)12-6-4-5-9-17-12)18-15(24)19-16(2,3)8-7-14(22)23/h4-6,9-10H,7-8H2,1-3H3,(H,22,23)(H2,18,19,24). The maximum absolute atomic E-state index is 12.2. The van der Waals surface area contributed by atoms with Gasteiger partial charge in [0.05, 0.1) is 5.69 Å². The molecule has 0 unspecified atom stereocenters. The third-order valence-electron chi connectivity index (χ3n) is 3.36. The van der Waals surface area contributed by atoms with Crippen LogP contribution in [0.4, 0.5) is 10.6 Å². The minimum Gasteiger partial charge on any atom is -0.481 e. The van der Waals surface area contributed by atoms with Crippen LogP contribution in [0.3, 0.4) is 0 Å². The van der Waals surface area contributed by atoms with Crippen LogP contribution in [0.5, 0.6) is 0 Å². The van der Waals surface area contributed by atoms with E-state index in [1.54, 1.807) is 42.9 Å². The van der Waals surface area contributed by atoms with Crippen LogP contribution in [0.2, 0.25) is 0 Å². The fourth-order valence-corrected chi connectivity index (χ4v) is 2.18. The summed E-state index contributed by atoms with van der Waals surface area (Å²) >= 11 is 0. The highest BCUT2D eigenvalue weighted by Gasteiger charge is 2.22. The fraction of sp³-hybridized carbons (Fsp3) is 0.375. The van der Waals surface area contributed by atoms with Gasteiger partial charge in [-0.15, -0.1) is 0 Å². The van der Waals surface area contributed by atoms with Gasteiger partial charge in [-0.3, -0.25) is 10.1 Å². The number of aryl methyl sites for hydroxylation is 1. The fourth-order valence-electron chi connectivity index (χ4n) is 2.18. The average molecular weight is 331 g/mol. The van der Waals surface area contributed by atoms with E-state index in [-0.39, 0.29) is 6.42 Å². The minimum absolute atomic E-state index is 0.0156. The number of carboxylic acids is 1. The first-order valence-electron chi connectivity index (χ1n) is 7.56. The molecule has 0 aliphatic rings. The number of carboxylic acid groups (broad SMARTS) is 1. The van der Waals surface area contributed by atoms with Gasteiger partial charge in [0, 0.05) is 24.2 Å². The normalized spacial score (nSPS) is 11.1. The van der Waals surface area contributed by atoms with Crippen molar-refractivity contribution in [3.8, 4) is 5.82 Å². The molecule has 24 heavy (non-hydrogen) atoms. The molecule has 2 aromatic rings. The number of aliphatic carboxylic acids is 1. The predicted octanol–water partition coefficient (Wildman–Crippen LogP) is 2.34. The number of rotatable bonds is 6. The summed E-state index contributed by atoms with van der Waals surface area (Å²) in [6.07, 6.45) is 1.96. The summed E-state index contributed by atoms with van der Waals surface area (Å²) in [7, 11) is 0. The summed E-state index contributed by atoms with van der Waals surface area (Å²) in [4.78, 5) is 27.1. The van der Waals surface area contributed by atoms with Gasteiger partial charge in [-0.25, -0.2) is 9.78 Å². The van der Waals surface area contributed by atoms with Crippen molar-refractivity contribution in [1.29, 1.82) is 0 Å². The molecule has 0 spiro atoms. The molecule has 2 rings (SSSR count). The van der Waals surface area contributed by atoms with E-state index in [4.69, 9.17) is 5.11 Å². The van der Waals surface area contributed by atoms with Crippen molar-refractivity contribution in [3.63, 3.8) is 0 Å². The first-order valence-corrected chi connectivity index (χ1v) is 7.56. The van der Waals surface area contributed by atoms with E-state index >= 15 is 0 Å². The van der Waals surface area contributed by atoms with Crippen LogP contribution in [-0.4, -0.2) is 37.4 Å². The van der Waals surface area contributed by atoms with Crippen molar-refractivity contribution in [2.45, 2.75) is 39.2 Å². The topological polar surface area (TPSA) is 109 Å². The second kappa shape index (κ2) is 7.12. The molecule has 8 heteroatoms. The van der Waals surface area contributed by atoms with E-state index in [9.17, 15) is 9.59 Å². The van der Waals surface area contributed by atoms with Gasteiger partial charge in [-0.05, 0) is 39.3 Å². The van der Waals surface area contributed by atoms with Gasteiger partial charge in [0.2, 0.25) is 0 Å². The molecule has 0 bridgehead atoms. The number of urea groups is 1. The van der Waals surface area contributed by atoms with E-state index in [2.05, 4.69) is 20.7 Å². The maximum atomic E-state index is 12.2. The van der Waals surface area contributed by atoms with Gasteiger partial charge in [-0.1, -0.05) is 6.07 Å². The van der Waals surface area contributed by atoms with Gasteiger partial charge in [-0.2, -0.15) is 9.78 Å². The first kappa shape index (κ1) is 17.5. The molecule has 0 aliphatic heterocycles. The van der Waals surface area contributed by atoms with Gasteiger partial charge in [0.25, 0.3) is 0 Å². The third kappa shape index (κ3) is 4.80. The van der Waals surface area contributed by atoms with Crippen LogP contribution < -0.4 is 10.6 Å². The lowest BCUT2D eigenvalue weighted by Crippen LogP contribution is -2.46. The Balaban J connectivity index is 2.08. The Bertz CT molecular complexity index is 725. The number of nitrogens with zero attached hydrogens (tertiary/aromatic N) is 3. The number of nitrogens with one attached hydrogen (secondary N) is 2. The maximum Gasteiger partial charge on any atom is 0.320 e. The molecular weight excluding hydrogens is 310 g/mol. The average Bonchev–Trinajstić information content (AvgIpc) is 2.86. The molecular formula is C16H21N5O3. The molecule has 2 amide bonds. The smallest absolute Gasteiger partial charge is 0.320 e. The second-order valence-electron chi connectivity index (χ2n) is 6.13. The van der Waals surface area contributed by atoms with Crippen LogP contribution in [-0.2, 0) is 4.79 Å². The van der Waals surface area contributed by atoms with E-state index in [1.807, 2.05) is 13.0 Å². The quantitative estimate of drug-likeness (QED) is 0.753. The lowest BCUT2D eigenvalue weighted by molar-refractivity contribution is -0.137. The zero-order valence-electron chi connectivity index (χ0n) is 13.9. The summed E-state index contributed by atoms with van der Waals surface area (Å²) in [5, 5.41) is 18.6. The SMILES string of the molecule is Cc1cc(NC(=O)NC(C)(C)CCC(=O)O)n(-c2ccccn2)n1. The van der Waals surface area contributed by atoms with E-state index in [1.165, 1.54) is 0 Å². The first-order chi connectivity index (χ1) is 11.3. The van der Waals surface area contributed by atoms with Gasteiger partial charge in [0.1, 0.15) is 5.82 Å². The number of carbonyl (C=O) groups excluding carboxylic acids is 1. The Kier molecular flexibility index (Phi) is 5.18. The monoisotopic (exact) mass is 331 g/mol. The van der Waals surface area contributed by atoms with Crippen LogP contribution >= 0.6 is 0 Å². The lowest BCUT2D eigenvalue weighted by Gasteiger charge is -2.25. The Morgan fingerprint density at radius 1 is 1.33 bits per heavy atom. The van der Waals surface area contributed by atoms with E-state index in [0.717, 1.165) is 5.69 Å². The van der Waals surface area contributed by atoms with Crippen molar-refractivity contribution in [2.75, 3.05) is 5.32 Å². The van der Waals surface area contributed by atoms with Crippen LogP contribution in [0.15, 0.2) is 30.5 Å². The summed E-state index contributed by atoms with van der Waals surface area (Å²) < 4.78 is 1.54. The molecule has 0 fully saturated rings. The highest BCUT2D eigenvalue weighted by molar-refractivity contribution is 5.89. The van der Waals surface area contributed by atoms with Crippen molar-refractivity contribution in [1.82, 2.24) is 20.1 Å². The van der Waals surface area contributed by atoms with Crippen LogP contribution in [0, 0.1) is 6.92 Å². The summed E-state index contributed by atoms with van der Waals surface area (Å²) in [5.74, 6) is 0.179. The Morgan fingerprint density at radius 3 is 2.71 bits per heavy atom. The molecule has 0 aliphatic carbocycles. The number of hydrogen-bond acceptors (Lipinski definition) is 4.